The van der Waals surface area contributed by atoms with Gasteiger partial charge >= 0.3 is 0 Å². The number of amides is 1. The second-order valence-electron chi connectivity index (χ2n) is 5.75. The fraction of sp³-hybridized carbons (Fsp3) is 0.412. The molecule has 2 aromatic rings. The predicted octanol–water partition coefficient (Wildman–Crippen LogP) is 3.20. The Morgan fingerprint density at radius 2 is 2.39 bits per heavy atom. The van der Waals surface area contributed by atoms with Crippen LogP contribution in [-0.2, 0) is 11.2 Å². The number of hydrogen-bond acceptors (Lipinski definition) is 4. The zero-order valence-electron chi connectivity index (χ0n) is 13.0. The summed E-state index contributed by atoms with van der Waals surface area (Å²) in [4.78, 5) is 18.2. The Morgan fingerprint density at radius 3 is 3.13 bits per heavy atom. The zero-order chi connectivity index (χ0) is 16.2. The van der Waals surface area contributed by atoms with Crippen molar-refractivity contribution in [2.75, 3.05) is 13.1 Å². The van der Waals surface area contributed by atoms with E-state index in [-0.39, 0.29) is 17.8 Å². The van der Waals surface area contributed by atoms with Crippen molar-refractivity contribution in [3.05, 3.63) is 46.7 Å². The van der Waals surface area contributed by atoms with Crippen LogP contribution >= 0.6 is 11.3 Å². The molecule has 1 atom stereocenters. The quantitative estimate of drug-likeness (QED) is 0.843. The molecule has 1 amide bonds. The number of aryl methyl sites for hydroxylation is 2. The molecule has 1 saturated heterocycles. The summed E-state index contributed by atoms with van der Waals surface area (Å²) in [5, 5.41) is 2.53. The summed E-state index contributed by atoms with van der Waals surface area (Å²) < 4.78 is 19.0. The number of halogens is 1. The maximum Gasteiger partial charge on any atom is 0.273 e. The van der Waals surface area contributed by atoms with Crippen molar-refractivity contribution in [1.82, 2.24) is 9.88 Å². The van der Waals surface area contributed by atoms with E-state index in [0.717, 1.165) is 18.5 Å². The van der Waals surface area contributed by atoms with E-state index in [2.05, 4.69) is 4.98 Å². The third kappa shape index (κ3) is 4.07. The van der Waals surface area contributed by atoms with Crippen LogP contribution in [0.1, 0.15) is 24.0 Å². The Balaban J connectivity index is 1.48. The average Bonchev–Trinajstić information content (AvgIpc) is 3.20. The first-order chi connectivity index (χ1) is 11.1. The molecule has 1 unspecified atom stereocenters. The lowest BCUT2D eigenvalue weighted by Crippen LogP contribution is -2.31. The van der Waals surface area contributed by atoms with Crippen LogP contribution < -0.4 is 4.74 Å². The molecule has 1 aliphatic rings. The highest BCUT2D eigenvalue weighted by molar-refractivity contribution is 7.11. The molecule has 23 heavy (non-hydrogen) atoms. The van der Waals surface area contributed by atoms with Gasteiger partial charge in [-0.2, -0.15) is 0 Å². The van der Waals surface area contributed by atoms with Crippen molar-refractivity contribution >= 4 is 17.2 Å². The molecule has 0 spiro atoms. The number of nitrogens with zero attached hydrogens (tertiary/aromatic N) is 2. The van der Waals surface area contributed by atoms with E-state index in [1.54, 1.807) is 25.3 Å². The van der Waals surface area contributed by atoms with Crippen molar-refractivity contribution < 1.29 is 13.9 Å². The third-order valence-corrected chi connectivity index (χ3v) is 4.69. The summed E-state index contributed by atoms with van der Waals surface area (Å²) in [6.07, 6.45) is 3.64. The van der Waals surface area contributed by atoms with Crippen LogP contribution in [0.25, 0.3) is 0 Å². The number of ether oxygens (including phenoxy) is 1. The van der Waals surface area contributed by atoms with Gasteiger partial charge in [0.05, 0.1) is 6.54 Å². The topological polar surface area (TPSA) is 42.4 Å². The minimum absolute atomic E-state index is 0.0261. The lowest BCUT2D eigenvalue weighted by atomic mass is 10.1. The highest BCUT2D eigenvalue weighted by Crippen LogP contribution is 2.21. The molecule has 0 saturated carbocycles. The van der Waals surface area contributed by atoms with Crippen LogP contribution in [0, 0.1) is 12.7 Å². The number of carbonyl (C=O) groups excluding carboxylic acids is 1. The van der Waals surface area contributed by atoms with Gasteiger partial charge in [0, 0.05) is 31.0 Å². The lowest BCUT2D eigenvalue weighted by Gasteiger charge is -2.16. The lowest BCUT2D eigenvalue weighted by molar-refractivity contribution is -0.130. The monoisotopic (exact) mass is 334 g/mol. The van der Waals surface area contributed by atoms with Crippen LogP contribution in [0.2, 0.25) is 0 Å². The van der Waals surface area contributed by atoms with Crippen LogP contribution in [-0.4, -0.2) is 35.0 Å². The largest absolute Gasteiger partial charge is 0.465 e. The van der Waals surface area contributed by atoms with Gasteiger partial charge < -0.3 is 9.64 Å². The van der Waals surface area contributed by atoms with Gasteiger partial charge in [0.1, 0.15) is 11.9 Å². The standard InChI is InChI=1S/C17H19FN2O2S/c1-12-10-13(2-4-15(12)18)3-5-16(21)20-8-6-14(11-20)22-17-19-7-9-23-17/h2,4,7,9-10,14H,3,5-6,8,11H2,1H3. The van der Waals surface area contributed by atoms with Crippen LogP contribution in [0.3, 0.4) is 0 Å². The number of aromatic nitrogens is 1. The molecule has 2 heterocycles. The van der Waals surface area contributed by atoms with Crippen molar-refractivity contribution in [2.45, 2.75) is 32.3 Å². The van der Waals surface area contributed by atoms with Crippen LogP contribution in [0.5, 0.6) is 5.19 Å². The van der Waals surface area contributed by atoms with Crippen LogP contribution in [0.15, 0.2) is 29.8 Å². The first-order valence-electron chi connectivity index (χ1n) is 7.71. The van der Waals surface area contributed by atoms with Gasteiger partial charge in [-0.25, -0.2) is 9.37 Å². The van der Waals surface area contributed by atoms with E-state index in [4.69, 9.17) is 4.74 Å². The Labute approximate surface area is 138 Å². The minimum Gasteiger partial charge on any atom is -0.465 e. The normalized spacial score (nSPS) is 17.5. The number of rotatable bonds is 5. The summed E-state index contributed by atoms with van der Waals surface area (Å²) >= 11 is 1.46. The SMILES string of the molecule is Cc1cc(CCC(=O)N2CCC(Oc3nccs3)C2)ccc1F. The molecule has 0 aliphatic carbocycles. The number of thiazole rings is 1. The minimum atomic E-state index is -0.207. The van der Waals surface area contributed by atoms with Gasteiger partial charge in [0.15, 0.2) is 0 Å². The highest BCUT2D eigenvalue weighted by atomic mass is 32.1. The fourth-order valence-corrected chi connectivity index (χ4v) is 3.29. The Hall–Kier alpha value is -1.95. The molecule has 6 heteroatoms. The van der Waals surface area contributed by atoms with Gasteiger partial charge in [-0.1, -0.05) is 23.5 Å². The van der Waals surface area contributed by atoms with Crippen molar-refractivity contribution in [3.63, 3.8) is 0 Å². The van der Waals surface area contributed by atoms with Gasteiger partial charge in [-0.3, -0.25) is 4.79 Å². The second-order valence-corrected chi connectivity index (χ2v) is 6.61. The molecule has 3 rings (SSSR count). The molecular formula is C17H19FN2O2S. The Morgan fingerprint density at radius 1 is 1.52 bits per heavy atom. The smallest absolute Gasteiger partial charge is 0.273 e. The van der Waals surface area contributed by atoms with Gasteiger partial charge in [0.25, 0.3) is 5.19 Å². The fourth-order valence-electron chi connectivity index (χ4n) is 2.73. The van der Waals surface area contributed by atoms with Gasteiger partial charge in [0.2, 0.25) is 5.91 Å². The van der Waals surface area contributed by atoms with Crippen molar-refractivity contribution in [2.24, 2.45) is 0 Å². The van der Waals surface area contributed by atoms with Crippen molar-refractivity contribution in [1.29, 1.82) is 0 Å². The molecule has 0 N–H and O–H groups in total. The van der Waals surface area contributed by atoms with E-state index in [0.29, 0.717) is 30.1 Å². The Bertz CT molecular complexity index is 675. The Kier molecular flexibility index (Phi) is 4.91. The molecule has 0 radical (unpaired) electrons. The van der Waals surface area contributed by atoms with Crippen LogP contribution in [0.4, 0.5) is 4.39 Å². The third-order valence-electron chi connectivity index (χ3n) is 4.02. The summed E-state index contributed by atoms with van der Waals surface area (Å²) in [6, 6.07) is 5.01. The van der Waals surface area contributed by atoms with Crippen molar-refractivity contribution in [3.8, 4) is 5.19 Å². The van der Waals surface area contributed by atoms with Gasteiger partial charge in [-0.15, -0.1) is 0 Å². The number of carbonyl (C=O) groups is 1. The first-order valence-corrected chi connectivity index (χ1v) is 8.59. The number of benzene rings is 1. The number of likely N-dealkylation sites (tertiary alicyclic amines) is 1. The molecular weight excluding hydrogens is 315 g/mol. The molecule has 4 nitrogen and oxygen atoms in total. The highest BCUT2D eigenvalue weighted by Gasteiger charge is 2.27. The molecule has 122 valence electrons. The molecule has 1 aromatic carbocycles. The maximum absolute atomic E-state index is 13.2. The second kappa shape index (κ2) is 7.08. The summed E-state index contributed by atoms with van der Waals surface area (Å²) in [5.41, 5.74) is 1.61. The van der Waals surface area contributed by atoms with Gasteiger partial charge in [-0.05, 0) is 30.5 Å². The molecule has 0 bridgehead atoms. The zero-order valence-corrected chi connectivity index (χ0v) is 13.8. The predicted molar refractivity (Wildman–Crippen MR) is 87.2 cm³/mol. The van der Waals surface area contributed by atoms with E-state index in [1.165, 1.54) is 17.4 Å². The summed E-state index contributed by atoms with van der Waals surface area (Å²) in [6.45, 7) is 3.07. The molecule has 1 aromatic heterocycles. The molecule has 1 aliphatic heterocycles. The van der Waals surface area contributed by atoms with E-state index < -0.39 is 0 Å². The van der Waals surface area contributed by atoms with E-state index in [1.807, 2.05) is 10.3 Å². The first kappa shape index (κ1) is 15.9. The number of hydrogen-bond donors (Lipinski definition) is 0. The molecule has 1 fully saturated rings. The van der Waals surface area contributed by atoms with E-state index >= 15 is 0 Å². The summed E-state index contributed by atoms with van der Waals surface area (Å²) in [7, 11) is 0. The van der Waals surface area contributed by atoms with E-state index in [9.17, 15) is 9.18 Å². The maximum atomic E-state index is 13.2. The summed E-state index contributed by atoms with van der Waals surface area (Å²) in [5.74, 6) is -0.0842. The average molecular weight is 334 g/mol.